The minimum atomic E-state index is -3.99. The topological polar surface area (TPSA) is 130 Å². The van der Waals surface area contributed by atoms with Gasteiger partial charge >= 0.3 is 5.97 Å². The second-order valence-corrected chi connectivity index (χ2v) is 11.3. The molecule has 2 aromatic rings. The van der Waals surface area contributed by atoms with Crippen LogP contribution in [0.4, 0.5) is 5.69 Å². The van der Waals surface area contributed by atoms with Crippen molar-refractivity contribution in [1.82, 2.24) is 4.31 Å². The molecule has 0 atom stereocenters. The summed E-state index contributed by atoms with van der Waals surface area (Å²) in [4.78, 5) is 10.6. The molecule has 1 aliphatic rings. The molecule has 0 saturated carbocycles. The summed E-state index contributed by atoms with van der Waals surface area (Å²) in [6, 6.07) is 10.1. The van der Waals surface area contributed by atoms with Crippen LogP contribution in [-0.4, -0.2) is 51.9 Å². The van der Waals surface area contributed by atoms with Crippen LogP contribution in [0.3, 0.4) is 0 Å². The highest BCUT2D eigenvalue weighted by molar-refractivity contribution is 7.92. The van der Waals surface area contributed by atoms with Gasteiger partial charge in [0.2, 0.25) is 10.0 Å². The van der Waals surface area contributed by atoms with Crippen LogP contribution in [0.25, 0.3) is 0 Å². The van der Waals surface area contributed by atoms with Crippen molar-refractivity contribution in [3.63, 3.8) is 0 Å². The number of piperidine rings is 1. The van der Waals surface area contributed by atoms with Gasteiger partial charge in [-0.2, -0.15) is 4.31 Å². The molecular formula is C22H28N2O7S2. The Morgan fingerprint density at radius 3 is 2.30 bits per heavy atom. The standard InChI is InChI=1S/C22H28N2O7S2/c1-2-31-20-12-9-18(16-21(20)33(29,30)24-14-4-3-5-15-24)23-32(27,28)19-10-6-17(7-11-19)8-13-22(25)26/h6-7,9-12,16,23H,2-5,8,13-15H2,1H3,(H,25,26). The number of aryl methyl sites for hydroxylation is 1. The molecule has 11 heteroatoms. The van der Waals surface area contributed by atoms with Gasteiger partial charge in [0.15, 0.2) is 0 Å². The average Bonchev–Trinajstić information content (AvgIpc) is 2.79. The summed E-state index contributed by atoms with van der Waals surface area (Å²) in [5, 5.41) is 8.78. The highest BCUT2D eigenvalue weighted by Crippen LogP contribution is 2.32. The Labute approximate surface area is 194 Å². The van der Waals surface area contributed by atoms with E-state index in [1.54, 1.807) is 19.1 Å². The summed E-state index contributed by atoms with van der Waals surface area (Å²) in [5.41, 5.74) is 0.802. The van der Waals surface area contributed by atoms with Crippen LogP contribution in [0.5, 0.6) is 5.75 Å². The fraction of sp³-hybridized carbons (Fsp3) is 0.409. The number of rotatable bonds is 10. The molecule has 1 fully saturated rings. The quantitative estimate of drug-likeness (QED) is 0.517. The van der Waals surface area contributed by atoms with Gasteiger partial charge in [-0.25, -0.2) is 16.8 Å². The predicted molar refractivity (Wildman–Crippen MR) is 123 cm³/mol. The van der Waals surface area contributed by atoms with Crippen LogP contribution in [-0.2, 0) is 31.3 Å². The van der Waals surface area contributed by atoms with E-state index in [0.29, 0.717) is 25.1 Å². The summed E-state index contributed by atoms with van der Waals surface area (Å²) in [5.74, 6) is -0.757. The zero-order valence-corrected chi connectivity index (χ0v) is 20.0. The van der Waals surface area contributed by atoms with Crippen LogP contribution in [0.2, 0.25) is 0 Å². The van der Waals surface area contributed by atoms with Gasteiger partial charge in [-0.15, -0.1) is 0 Å². The fourth-order valence-electron chi connectivity index (χ4n) is 3.59. The van der Waals surface area contributed by atoms with Crippen molar-refractivity contribution in [3.05, 3.63) is 48.0 Å². The zero-order chi connectivity index (χ0) is 24.1. The van der Waals surface area contributed by atoms with Crippen molar-refractivity contribution in [2.75, 3.05) is 24.4 Å². The number of carboxylic acids is 1. The lowest BCUT2D eigenvalue weighted by Crippen LogP contribution is -2.35. The molecule has 3 rings (SSSR count). The third kappa shape index (κ3) is 6.24. The minimum Gasteiger partial charge on any atom is -0.492 e. The summed E-state index contributed by atoms with van der Waals surface area (Å²) < 4.78 is 61.5. The van der Waals surface area contributed by atoms with Crippen molar-refractivity contribution in [2.45, 2.75) is 48.8 Å². The third-order valence-electron chi connectivity index (χ3n) is 5.29. The number of hydrogen-bond donors (Lipinski definition) is 2. The first-order chi connectivity index (χ1) is 15.6. The molecule has 9 nitrogen and oxygen atoms in total. The van der Waals surface area contributed by atoms with E-state index in [9.17, 15) is 21.6 Å². The molecule has 0 amide bonds. The van der Waals surface area contributed by atoms with Crippen LogP contribution in [0, 0.1) is 0 Å². The number of anilines is 1. The SMILES string of the molecule is CCOc1ccc(NS(=O)(=O)c2ccc(CCC(=O)O)cc2)cc1S(=O)(=O)N1CCCCC1. The molecule has 0 bridgehead atoms. The molecule has 0 aliphatic carbocycles. The van der Waals surface area contributed by atoms with Gasteiger partial charge in [-0.3, -0.25) is 9.52 Å². The third-order valence-corrected chi connectivity index (χ3v) is 8.61. The number of carbonyl (C=O) groups is 1. The van der Waals surface area contributed by atoms with Crippen molar-refractivity contribution in [1.29, 1.82) is 0 Å². The smallest absolute Gasteiger partial charge is 0.303 e. The first-order valence-corrected chi connectivity index (χ1v) is 13.7. The van der Waals surface area contributed by atoms with E-state index >= 15 is 0 Å². The Morgan fingerprint density at radius 2 is 1.70 bits per heavy atom. The highest BCUT2D eigenvalue weighted by atomic mass is 32.2. The number of carboxylic acid groups (broad SMARTS) is 1. The number of nitrogens with one attached hydrogen (secondary N) is 1. The Morgan fingerprint density at radius 1 is 1.03 bits per heavy atom. The Kier molecular flexibility index (Phi) is 7.98. The van der Waals surface area contributed by atoms with Crippen LogP contribution >= 0.6 is 0 Å². The molecule has 180 valence electrons. The van der Waals surface area contributed by atoms with Crippen molar-refractivity contribution >= 4 is 31.7 Å². The predicted octanol–water partition coefficient (Wildman–Crippen LogP) is 3.08. The van der Waals surface area contributed by atoms with Gasteiger partial charge in [0.05, 0.1) is 17.2 Å². The summed E-state index contributed by atoms with van der Waals surface area (Å²) >= 11 is 0. The lowest BCUT2D eigenvalue weighted by atomic mass is 10.1. The average molecular weight is 497 g/mol. The molecule has 2 aromatic carbocycles. The number of nitrogens with zero attached hydrogens (tertiary/aromatic N) is 1. The number of benzene rings is 2. The van der Waals surface area contributed by atoms with Crippen LogP contribution in [0.15, 0.2) is 52.3 Å². The monoisotopic (exact) mass is 496 g/mol. The van der Waals surface area contributed by atoms with E-state index in [1.165, 1.54) is 34.6 Å². The molecule has 2 N–H and O–H groups in total. The lowest BCUT2D eigenvalue weighted by Gasteiger charge is -2.27. The maximum atomic E-state index is 13.2. The number of hydrogen-bond acceptors (Lipinski definition) is 6. The first kappa shape index (κ1) is 25.0. The summed E-state index contributed by atoms with van der Waals surface area (Å²) in [6.45, 7) is 2.84. The normalized spacial score (nSPS) is 15.2. The fourth-order valence-corrected chi connectivity index (χ4v) is 6.32. The molecule has 33 heavy (non-hydrogen) atoms. The van der Waals surface area contributed by atoms with Crippen molar-refractivity contribution in [3.8, 4) is 5.75 Å². The number of ether oxygens (including phenoxy) is 1. The zero-order valence-electron chi connectivity index (χ0n) is 18.4. The molecule has 1 aliphatic heterocycles. The minimum absolute atomic E-state index is 0.0177. The first-order valence-electron chi connectivity index (χ1n) is 10.7. The van der Waals surface area contributed by atoms with E-state index in [-0.39, 0.29) is 34.3 Å². The van der Waals surface area contributed by atoms with Gasteiger partial charge < -0.3 is 9.84 Å². The molecular weight excluding hydrogens is 468 g/mol. The highest BCUT2D eigenvalue weighted by Gasteiger charge is 2.30. The second kappa shape index (κ2) is 10.5. The van der Waals surface area contributed by atoms with Gasteiger partial charge in [-0.05, 0) is 62.1 Å². The molecule has 0 unspecified atom stereocenters. The van der Waals surface area contributed by atoms with Gasteiger partial charge in [0.1, 0.15) is 10.6 Å². The van der Waals surface area contributed by atoms with E-state index in [1.807, 2.05) is 0 Å². The van der Waals surface area contributed by atoms with E-state index in [0.717, 1.165) is 19.3 Å². The summed E-state index contributed by atoms with van der Waals surface area (Å²) in [6.07, 6.45) is 2.76. The summed E-state index contributed by atoms with van der Waals surface area (Å²) in [7, 11) is -7.84. The number of aliphatic carboxylic acids is 1. The van der Waals surface area contributed by atoms with Crippen LogP contribution < -0.4 is 9.46 Å². The van der Waals surface area contributed by atoms with E-state index < -0.39 is 26.0 Å². The Bertz CT molecular complexity index is 1190. The number of sulfonamides is 2. The lowest BCUT2D eigenvalue weighted by molar-refractivity contribution is -0.136. The largest absolute Gasteiger partial charge is 0.492 e. The van der Waals surface area contributed by atoms with Crippen molar-refractivity contribution < 1.29 is 31.5 Å². The van der Waals surface area contributed by atoms with Crippen LogP contribution in [0.1, 0.15) is 38.2 Å². The second-order valence-electron chi connectivity index (χ2n) is 7.70. The van der Waals surface area contributed by atoms with Gasteiger partial charge in [0, 0.05) is 19.5 Å². The van der Waals surface area contributed by atoms with Gasteiger partial charge in [0.25, 0.3) is 10.0 Å². The Balaban J connectivity index is 1.87. The molecule has 1 heterocycles. The Hall–Kier alpha value is -2.63. The molecule has 1 saturated heterocycles. The molecule has 0 radical (unpaired) electrons. The van der Waals surface area contributed by atoms with E-state index in [2.05, 4.69) is 4.72 Å². The molecule has 0 aromatic heterocycles. The molecule has 0 spiro atoms. The maximum Gasteiger partial charge on any atom is 0.303 e. The van der Waals surface area contributed by atoms with Crippen molar-refractivity contribution in [2.24, 2.45) is 0 Å². The van der Waals surface area contributed by atoms with Gasteiger partial charge in [-0.1, -0.05) is 18.6 Å². The van der Waals surface area contributed by atoms with E-state index in [4.69, 9.17) is 9.84 Å². The maximum absolute atomic E-state index is 13.2.